The Morgan fingerprint density at radius 2 is 1.53 bits per heavy atom. The molecule has 5 N–H and O–H groups in total. The highest BCUT2D eigenvalue weighted by molar-refractivity contribution is 6.00. The van der Waals surface area contributed by atoms with Crippen LogP contribution in [0.3, 0.4) is 0 Å². The maximum Gasteiger partial charge on any atom is 0.304 e. The number of nitrogens with zero attached hydrogens (tertiary/aromatic N) is 6. The number of rotatable bonds is 8. The number of hydrogen-bond donors (Lipinski definition) is 4. The van der Waals surface area contributed by atoms with Gasteiger partial charge in [0.05, 0.1) is 23.8 Å². The first-order chi connectivity index (χ1) is 22.6. The van der Waals surface area contributed by atoms with E-state index in [0.717, 1.165) is 75.4 Å². The molecule has 1 aliphatic carbocycles. The van der Waals surface area contributed by atoms with E-state index in [0.29, 0.717) is 28.8 Å². The number of anilines is 2. The molecular weight excluding hydrogens is 600 g/mol. The van der Waals surface area contributed by atoms with Crippen LogP contribution < -0.4 is 11.1 Å². The largest absolute Gasteiger partial charge is 0.481 e. The topological polar surface area (TPSA) is 180 Å². The molecule has 0 spiro atoms. The van der Waals surface area contributed by atoms with E-state index in [9.17, 15) is 14.7 Å². The quantitative estimate of drug-likeness (QED) is 0.217. The summed E-state index contributed by atoms with van der Waals surface area (Å²) in [6.45, 7) is 5.60. The molecule has 1 atom stereocenters. The zero-order valence-electron chi connectivity index (χ0n) is 26.7. The maximum absolute atomic E-state index is 13.1. The summed E-state index contributed by atoms with van der Waals surface area (Å²) in [7, 11) is 2.19. The van der Waals surface area contributed by atoms with E-state index in [1.54, 1.807) is 36.4 Å². The number of fused-ring (bicyclic) bond motifs is 1. The third kappa shape index (κ3) is 8.29. The van der Waals surface area contributed by atoms with E-state index < -0.39 is 17.9 Å². The van der Waals surface area contributed by atoms with Crippen molar-refractivity contribution in [1.29, 1.82) is 0 Å². The normalized spacial score (nSPS) is 19.4. The van der Waals surface area contributed by atoms with Crippen molar-refractivity contribution in [3.63, 3.8) is 0 Å². The molecule has 3 heterocycles. The number of carbonyl (C=O) groups is 3. The Morgan fingerprint density at radius 1 is 0.915 bits per heavy atom. The molecule has 4 aromatic rings. The lowest BCUT2D eigenvalue weighted by Gasteiger charge is -2.41. The van der Waals surface area contributed by atoms with E-state index >= 15 is 0 Å². The number of likely N-dealkylation sites (N-methyl/N-ethyl adjacent to an activating group) is 1. The van der Waals surface area contributed by atoms with E-state index in [1.165, 1.54) is 6.33 Å². The SMILES string of the molecule is CC(=O)O.CN1CCN([C@H]2CC[C@@H](n3nc(-c4ccc(NC(=O)C(CC(=O)O)c5ccccc5)cc4)c4c(N)ncnc43)CC2)CC1. The Labute approximate surface area is 273 Å². The fourth-order valence-corrected chi connectivity index (χ4v) is 6.47. The molecule has 1 saturated heterocycles. The highest BCUT2D eigenvalue weighted by Crippen LogP contribution is 2.37. The molecule has 2 aliphatic rings. The van der Waals surface area contributed by atoms with Crippen LogP contribution in [0.5, 0.6) is 0 Å². The number of carboxylic acids is 2. The van der Waals surface area contributed by atoms with Gasteiger partial charge in [0.25, 0.3) is 5.97 Å². The molecule has 1 aliphatic heterocycles. The summed E-state index contributed by atoms with van der Waals surface area (Å²) in [5, 5.41) is 25.5. The number of hydrogen-bond acceptors (Lipinski definition) is 9. The molecule has 0 bridgehead atoms. The van der Waals surface area contributed by atoms with Crippen molar-refractivity contribution in [2.45, 2.75) is 57.0 Å². The van der Waals surface area contributed by atoms with Crippen LogP contribution in [0.4, 0.5) is 11.5 Å². The predicted octanol–water partition coefficient (Wildman–Crippen LogP) is 4.09. The lowest BCUT2D eigenvalue weighted by atomic mass is 9.90. The van der Waals surface area contributed by atoms with Gasteiger partial charge >= 0.3 is 5.97 Å². The van der Waals surface area contributed by atoms with Crippen LogP contribution in [-0.2, 0) is 14.4 Å². The number of benzene rings is 2. The van der Waals surface area contributed by atoms with Gasteiger partial charge in [0.2, 0.25) is 5.91 Å². The van der Waals surface area contributed by atoms with Crippen LogP contribution in [0.2, 0.25) is 0 Å². The lowest BCUT2D eigenvalue weighted by molar-refractivity contribution is -0.139. The van der Waals surface area contributed by atoms with Crippen LogP contribution in [0.15, 0.2) is 60.9 Å². The number of nitrogens with one attached hydrogen (secondary N) is 1. The third-order valence-corrected chi connectivity index (χ3v) is 8.91. The Morgan fingerprint density at radius 3 is 2.15 bits per heavy atom. The van der Waals surface area contributed by atoms with Crippen molar-refractivity contribution in [1.82, 2.24) is 29.5 Å². The molecule has 1 saturated carbocycles. The summed E-state index contributed by atoms with van der Waals surface area (Å²) in [6.07, 6.45) is 5.52. The number of carboxylic acid groups (broad SMARTS) is 2. The van der Waals surface area contributed by atoms with Gasteiger partial charge < -0.3 is 26.2 Å². The molecule has 0 radical (unpaired) electrons. The highest BCUT2D eigenvalue weighted by Gasteiger charge is 2.31. The van der Waals surface area contributed by atoms with E-state index in [-0.39, 0.29) is 18.4 Å². The standard InChI is InChI=1S/C32H38N8O3.C2H4O2/c1-38-15-17-39(18-16-38)24-11-13-25(14-12-24)40-31-28(30(33)34-20-35-31)29(37-40)22-7-9-23(10-8-22)36-32(43)26(19-27(41)42)21-5-3-2-4-6-21;1-2(3)4/h2-10,20,24-26H,11-19H2,1H3,(H,36,43)(H,41,42)(H2,33,34,35);1H3,(H,3,4)/t24-,25+,26?;. The van der Waals surface area contributed by atoms with Gasteiger partial charge in [-0.15, -0.1) is 0 Å². The average Bonchev–Trinajstić information content (AvgIpc) is 3.45. The smallest absolute Gasteiger partial charge is 0.304 e. The fraction of sp³-hybridized carbons (Fsp3) is 0.412. The van der Waals surface area contributed by atoms with Gasteiger partial charge in [-0.25, -0.2) is 14.6 Å². The molecule has 1 unspecified atom stereocenters. The number of aromatic nitrogens is 4. The zero-order valence-corrected chi connectivity index (χ0v) is 26.7. The van der Waals surface area contributed by atoms with Crippen LogP contribution in [-0.4, -0.2) is 96.9 Å². The number of aliphatic carboxylic acids is 2. The first-order valence-corrected chi connectivity index (χ1v) is 15.9. The molecule has 13 heteroatoms. The molecule has 6 rings (SSSR count). The van der Waals surface area contributed by atoms with Gasteiger partial charge in [-0.3, -0.25) is 19.3 Å². The predicted molar refractivity (Wildman–Crippen MR) is 179 cm³/mol. The summed E-state index contributed by atoms with van der Waals surface area (Å²) in [6, 6.07) is 17.2. The highest BCUT2D eigenvalue weighted by atomic mass is 16.4. The minimum Gasteiger partial charge on any atom is -0.481 e. The molecule has 2 aromatic heterocycles. The molecular formula is C34H42N8O5. The molecule has 1 amide bonds. The zero-order chi connectivity index (χ0) is 33.5. The van der Waals surface area contributed by atoms with Gasteiger partial charge in [-0.1, -0.05) is 42.5 Å². The van der Waals surface area contributed by atoms with Gasteiger partial charge in [-0.2, -0.15) is 5.10 Å². The van der Waals surface area contributed by atoms with E-state index in [2.05, 4.69) is 32.1 Å². The number of nitrogens with two attached hydrogens (primary N) is 1. The summed E-state index contributed by atoms with van der Waals surface area (Å²) in [5.41, 5.74) is 9.87. The third-order valence-electron chi connectivity index (χ3n) is 8.91. The second-order valence-electron chi connectivity index (χ2n) is 12.2. The van der Waals surface area contributed by atoms with Crippen LogP contribution in [0, 0.1) is 0 Å². The maximum atomic E-state index is 13.1. The Bertz CT molecular complexity index is 1670. The van der Waals surface area contributed by atoms with Crippen molar-refractivity contribution < 1.29 is 24.6 Å². The number of amides is 1. The van der Waals surface area contributed by atoms with E-state index in [1.807, 2.05) is 22.9 Å². The lowest BCUT2D eigenvalue weighted by Crippen LogP contribution is -2.49. The molecule has 2 fully saturated rings. The van der Waals surface area contributed by atoms with Crippen LogP contribution >= 0.6 is 0 Å². The van der Waals surface area contributed by atoms with Crippen molar-refractivity contribution in [3.8, 4) is 11.3 Å². The van der Waals surface area contributed by atoms with Crippen LogP contribution in [0.25, 0.3) is 22.3 Å². The van der Waals surface area contributed by atoms with Gasteiger partial charge in [-0.05, 0) is 50.4 Å². The Kier molecular flexibility index (Phi) is 10.8. The summed E-state index contributed by atoms with van der Waals surface area (Å²) < 4.78 is 2.04. The van der Waals surface area contributed by atoms with Crippen LogP contribution in [0.1, 0.15) is 56.6 Å². The summed E-state index contributed by atoms with van der Waals surface area (Å²) in [5.74, 6) is -2.66. The minimum atomic E-state index is -1.03. The Hall–Kier alpha value is -4.88. The van der Waals surface area contributed by atoms with E-state index in [4.69, 9.17) is 20.7 Å². The van der Waals surface area contributed by atoms with Crippen molar-refractivity contribution in [2.75, 3.05) is 44.3 Å². The molecule has 47 heavy (non-hydrogen) atoms. The van der Waals surface area contributed by atoms with Gasteiger partial charge in [0, 0.05) is 50.4 Å². The summed E-state index contributed by atoms with van der Waals surface area (Å²) in [4.78, 5) is 47.5. The van der Waals surface area contributed by atoms with Gasteiger partial charge in [0.15, 0.2) is 5.65 Å². The minimum absolute atomic E-state index is 0.233. The molecule has 2 aromatic carbocycles. The first kappa shape index (κ1) is 33.5. The monoisotopic (exact) mass is 642 g/mol. The molecule has 248 valence electrons. The average molecular weight is 643 g/mol. The fourth-order valence-electron chi connectivity index (χ4n) is 6.47. The number of piperazine rings is 1. The van der Waals surface area contributed by atoms with Crippen molar-refractivity contribution >= 4 is 40.4 Å². The number of carbonyl (C=O) groups excluding carboxylic acids is 1. The van der Waals surface area contributed by atoms with Crippen molar-refractivity contribution in [3.05, 3.63) is 66.5 Å². The summed E-state index contributed by atoms with van der Waals surface area (Å²) >= 11 is 0. The number of nitrogen functional groups attached to an aromatic ring is 1. The van der Waals surface area contributed by atoms with Crippen molar-refractivity contribution in [2.24, 2.45) is 0 Å². The second-order valence-corrected chi connectivity index (χ2v) is 12.2. The second kappa shape index (κ2) is 15.1. The Balaban J connectivity index is 0.00000103. The molecule has 13 nitrogen and oxygen atoms in total. The first-order valence-electron chi connectivity index (χ1n) is 15.9. The van der Waals surface area contributed by atoms with Gasteiger partial charge in [0.1, 0.15) is 17.8 Å².